The lowest BCUT2D eigenvalue weighted by molar-refractivity contribution is 0.483. The summed E-state index contributed by atoms with van der Waals surface area (Å²) in [6.07, 6.45) is 1.88. The first-order valence-electron chi connectivity index (χ1n) is 24.5. The molecule has 8 aromatic carbocycles. The lowest BCUT2D eigenvalue weighted by Crippen LogP contribution is -2.25. The number of nitrogens with zero attached hydrogens (tertiary/aromatic N) is 4. The minimum atomic E-state index is -0.744. The van der Waals surface area contributed by atoms with Gasteiger partial charge in [-0.3, -0.25) is 4.57 Å². The number of hydrogen-bond acceptors (Lipinski definition) is 4. The average molecular weight is 971 g/mol. The van der Waals surface area contributed by atoms with Crippen LogP contribution in [0.5, 0.6) is 11.5 Å². The Morgan fingerprint density at radius 3 is 1.67 bits per heavy atom. The topological polar surface area (TPSA) is 33.5 Å². The molecular weight excluding hydrogens is 917 g/mol. The molecule has 9 heteroatoms. The van der Waals surface area contributed by atoms with Crippen LogP contribution in [0.2, 0.25) is 0 Å². The van der Waals surface area contributed by atoms with Crippen molar-refractivity contribution in [1.82, 2.24) is 9.55 Å². The molecule has 3 heterocycles. The second-order valence-corrected chi connectivity index (χ2v) is 21.2. The van der Waals surface area contributed by atoms with Gasteiger partial charge < -0.3 is 14.5 Å². The van der Waals surface area contributed by atoms with E-state index in [0.717, 1.165) is 84.6 Å². The van der Waals surface area contributed by atoms with Crippen molar-refractivity contribution in [3.05, 3.63) is 216 Å². The van der Waals surface area contributed by atoms with Gasteiger partial charge in [-0.2, -0.15) is 0 Å². The van der Waals surface area contributed by atoms with Crippen LogP contribution in [-0.2, 0) is 10.8 Å². The van der Waals surface area contributed by atoms with Gasteiger partial charge >= 0.3 is 0 Å². The van der Waals surface area contributed by atoms with E-state index in [4.69, 9.17) is 9.72 Å². The van der Waals surface area contributed by atoms with Gasteiger partial charge in [0.25, 0.3) is 0 Å². The van der Waals surface area contributed by atoms with Crippen LogP contribution in [-0.4, -0.2) is 16.2 Å². The molecule has 10 aromatic rings. The number of benzene rings is 8. The van der Waals surface area contributed by atoms with Crippen molar-refractivity contribution >= 4 is 44.6 Å². The maximum atomic E-state index is 15.3. The summed E-state index contributed by atoms with van der Waals surface area (Å²) in [5.41, 5.74) is 12.2. The van der Waals surface area contributed by atoms with Crippen LogP contribution in [0.3, 0.4) is 0 Å². The fraction of sp³-hybridized carbons (Fsp3) is 0.172. The van der Waals surface area contributed by atoms with Crippen molar-refractivity contribution in [3.63, 3.8) is 0 Å². The first-order chi connectivity index (χ1) is 34.9. The zero-order valence-electron chi connectivity index (χ0n) is 42.1. The lowest BCUT2D eigenvalue weighted by Gasteiger charge is -2.30. The molecule has 364 valence electrons. The van der Waals surface area contributed by atoms with Gasteiger partial charge in [0.1, 0.15) is 47.3 Å². The number of para-hydroxylation sites is 3. The maximum absolute atomic E-state index is 15.3. The molecule has 1 aliphatic heterocycles. The summed E-state index contributed by atoms with van der Waals surface area (Å²) >= 11 is 0. The van der Waals surface area contributed by atoms with E-state index in [1.54, 1.807) is 0 Å². The van der Waals surface area contributed by atoms with E-state index >= 15 is 17.6 Å². The van der Waals surface area contributed by atoms with Crippen LogP contribution in [0.1, 0.15) is 63.8 Å². The van der Waals surface area contributed by atoms with E-state index in [-0.39, 0.29) is 23.2 Å². The first kappa shape index (κ1) is 47.2. The number of anilines is 4. The van der Waals surface area contributed by atoms with E-state index in [1.807, 2.05) is 81.6 Å². The smallest absolute Gasteiger partial charge is 0.137 e. The van der Waals surface area contributed by atoms with E-state index in [1.165, 1.54) is 29.8 Å². The number of ether oxygens (including phenoxy) is 1. The van der Waals surface area contributed by atoms with Crippen LogP contribution in [0.4, 0.5) is 40.3 Å². The molecular formula is C64H54F4N4O. The van der Waals surface area contributed by atoms with Crippen LogP contribution in [0.25, 0.3) is 61.0 Å². The number of pyridine rings is 1. The van der Waals surface area contributed by atoms with E-state index in [9.17, 15) is 0 Å². The van der Waals surface area contributed by atoms with E-state index in [0.29, 0.717) is 28.3 Å². The number of hydrogen-bond donors (Lipinski definition) is 0. The number of aromatic nitrogens is 2. The molecule has 0 N–H and O–H groups in total. The number of aryl methyl sites for hydroxylation is 2. The summed E-state index contributed by atoms with van der Waals surface area (Å²) < 4.78 is 70.6. The Kier molecular flexibility index (Phi) is 11.5. The number of fused-ring (bicyclic) bond motifs is 4. The molecule has 0 fully saturated rings. The molecule has 0 aliphatic carbocycles. The average Bonchev–Trinajstić information content (AvgIpc) is 3.88. The maximum Gasteiger partial charge on any atom is 0.137 e. The molecule has 2 aromatic heterocycles. The lowest BCUT2D eigenvalue weighted by atomic mass is 9.82. The Labute approximate surface area is 423 Å². The second kappa shape index (κ2) is 17.8. The van der Waals surface area contributed by atoms with Crippen molar-refractivity contribution < 1.29 is 22.3 Å². The number of rotatable bonds is 8. The third kappa shape index (κ3) is 8.77. The fourth-order valence-corrected chi connectivity index (χ4v) is 10.5. The van der Waals surface area contributed by atoms with Crippen LogP contribution in [0, 0.1) is 37.1 Å². The molecule has 0 saturated heterocycles. The Hall–Kier alpha value is -8.17. The molecule has 0 bridgehead atoms. The van der Waals surface area contributed by atoms with Gasteiger partial charge in [-0.1, -0.05) is 90.1 Å². The summed E-state index contributed by atoms with van der Waals surface area (Å²) in [6.45, 7) is 17.1. The first-order valence-corrected chi connectivity index (χ1v) is 24.5. The Morgan fingerprint density at radius 2 is 1.05 bits per heavy atom. The van der Waals surface area contributed by atoms with Crippen LogP contribution < -0.4 is 14.5 Å². The van der Waals surface area contributed by atoms with Crippen molar-refractivity contribution in [3.8, 4) is 50.7 Å². The highest BCUT2D eigenvalue weighted by Crippen LogP contribution is 2.52. The standard InChI is InChI=1S/C64H54F4N4O/c1-38-14-13-15-39(2)61(38)42-28-49(35-51(29-42)73-50-20-21-53-52-16-9-10-17-56(52)72(59(53)36-50)60-32-43(22-23-69-60)63(3,4)5)70-37-71(58-19-12-11-18-57(58)70)62-54(40-24-45(65)33-46(66)25-40)30-44(64(6,7)8)31-55(62)41-26-47(67)34-48(68)27-41/h9-36H,37H2,1-8H3. The normalized spacial score (nSPS) is 12.8. The Balaban J connectivity index is 1.09. The summed E-state index contributed by atoms with van der Waals surface area (Å²) in [5, 5.41) is 2.17. The monoisotopic (exact) mass is 970 g/mol. The van der Waals surface area contributed by atoms with Crippen molar-refractivity contribution in [2.24, 2.45) is 0 Å². The van der Waals surface area contributed by atoms with Crippen LogP contribution in [0.15, 0.2) is 170 Å². The van der Waals surface area contributed by atoms with Crippen molar-refractivity contribution in [1.29, 1.82) is 0 Å². The predicted molar refractivity (Wildman–Crippen MR) is 290 cm³/mol. The largest absolute Gasteiger partial charge is 0.457 e. The number of halogens is 4. The van der Waals surface area contributed by atoms with Gasteiger partial charge in [-0.05, 0) is 160 Å². The van der Waals surface area contributed by atoms with Gasteiger partial charge in [0.2, 0.25) is 0 Å². The zero-order chi connectivity index (χ0) is 51.1. The molecule has 1 aliphatic rings. The molecule has 73 heavy (non-hydrogen) atoms. The molecule has 0 amide bonds. The third-order valence-corrected chi connectivity index (χ3v) is 14.0. The van der Waals surface area contributed by atoms with Crippen molar-refractivity contribution in [2.75, 3.05) is 16.5 Å². The summed E-state index contributed by atoms with van der Waals surface area (Å²) in [6, 6.07) is 50.0. The summed E-state index contributed by atoms with van der Waals surface area (Å²) in [7, 11) is 0. The molecule has 0 saturated carbocycles. The molecule has 0 radical (unpaired) electrons. The van der Waals surface area contributed by atoms with E-state index < -0.39 is 28.7 Å². The van der Waals surface area contributed by atoms with Gasteiger partial charge in [-0.25, -0.2) is 22.5 Å². The highest BCUT2D eigenvalue weighted by molar-refractivity contribution is 6.09. The minimum absolute atomic E-state index is 0.0846. The second-order valence-electron chi connectivity index (χ2n) is 21.2. The molecule has 11 rings (SSSR count). The highest BCUT2D eigenvalue weighted by atomic mass is 19.1. The third-order valence-electron chi connectivity index (χ3n) is 14.0. The molecule has 0 atom stereocenters. The molecule has 5 nitrogen and oxygen atoms in total. The Bertz CT molecular complexity index is 3690. The van der Waals surface area contributed by atoms with Crippen LogP contribution >= 0.6 is 0 Å². The Morgan fingerprint density at radius 1 is 0.479 bits per heavy atom. The van der Waals surface area contributed by atoms with Gasteiger partial charge in [-0.15, -0.1) is 0 Å². The van der Waals surface area contributed by atoms with Gasteiger partial charge in [0, 0.05) is 58.0 Å². The zero-order valence-corrected chi connectivity index (χ0v) is 42.1. The highest BCUT2D eigenvalue weighted by Gasteiger charge is 2.34. The summed E-state index contributed by atoms with van der Waals surface area (Å²) in [5.74, 6) is -0.925. The molecule has 0 spiro atoms. The molecule has 0 unspecified atom stereocenters. The quantitative estimate of drug-likeness (QED) is 0.142. The predicted octanol–water partition coefficient (Wildman–Crippen LogP) is 18.0. The van der Waals surface area contributed by atoms with Gasteiger partial charge in [0.15, 0.2) is 0 Å². The van der Waals surface area contributed by atoms with Gasteiger partial charge in [0.05, 0.1) is 28.1 Å². The van der Waals surface area contributed by atoms with E-state index in [2.05, 4.69) is 122 Å². The summed E-state index contributed by atoms with van der Waals surface area (Å²) in [4.78, 5) is 9.14. The SMILES string of the molecule is Cc1cccc(C)c1-c1cc(Oc2ccc3c4ccccc4n(-c4cc(C(C)(C)C)ccn4)c3c2)cc(N2CN(c3c(-c4cc(F)cc(F)c4)cc(C(C)(C)C)cc3-c3cc(F)cc(F)c3)c3ccccc32)c1. The minimum Gasteiger partial charge on any atom is -0.457 e. The van der Waals surface area contributed by atoms with Crippen molar-refractivity contribution in [2.45, 2.75) is 66.2 Å². The fourth-order valence-electron chi connectivity index (χ4n) is 10.5.